The number of anilines is 1. The highest BCUT2D eigenvalue weighted by Gasteiger charge is 2.16. The van der Waals surface area contributed by atoms with Crippen LogP contribution in [0.4, 0.5) is 5.82 Å². The highest BCUT2D eigenvalue weighted by atomic mass is 79.9. The molecule has 1 atom stereocenters. The molecule has 1 aromatic heterocycles. The standard InChI is InChI=1S/C12H13BrClN3/c1-2-11(8-4-3-5-9(13)6-8)17-12(15)10(14)7-16-17/h3-7,11H,2,15H2,1H3. The van der Waals surface area contributed by atoms with Gasteiger partial charge in [-0.05, 0) is 24.1 Å². The van der Waals surface area contributed by atoms with E-state index in [1.54, 1.807) is 10.9 Å². The molecule has 0 saturated carbocycles. The monoisotopic (exact) mass is 313 g/mol. The molecular formula is C12H13BrClN3. The van der Waals surface area contributed by atoms with Crippen molar-refractivity contribution >= 4 is 33.3 Å². The maximum Gasteiger partial charge on any atom is 0.141 e. The van der Waals surface area contributed by atoms with Crippen molar-refractivity contribution in [1.82, 2.24) is 9.78 Å². The van der Waals surface area contributed by atoms with Crippen molar-refractivity contribution in [1.29, 1.82) is 0 Å². The van der Waals surface area contributed by atoms with E-state index in [1.165, 1.54) is 0 Å². The van der Waals surface area contributed by atoms with Crippen LogP contribution in [0.3, 0.4) is 0 Å². The highest BCUT2D eigenvalue weighted by molar-refractivity contribution is 9.10. The third-order valence-electron chi connectivity index (χ3n) is 2.70. The van der Waals surface area contributed by atoms with Crippen molar-refractivity contribution in [2.75, 3.05) is 5.73 Å². The molecule has 0 aliphatic rings. The molecule has 2 rings (SSSR count). The summed E-state index contributed by atoms with van der Waals surface area (Å²) in [5.74, 6) is 0.512. The van der Waals surface area contributed by atoms with E-state index in [0.717, 1.165) is 16.5 Å². The van der Waals surface area contributed by atoms with Crippen LogP contribution in [0.25, 0.3) is 0 Å². The molecule has 5 heteroatoms. The second-order valence-corrected chi connectivity index (χ2v) is 5.12. The summed E-state index contributed by atoms with van der Waals surface area (Å²) in [6.45, 7) is 2.10. The van der Waals surface area contributed by atoms with E-state index in [2.05, 4.69) is 40.1 Å². The van der Waals surface area contributed by atoms with Crippen molar-refractivity contribution in [3.63, 3.8) is 0 Å². The van der Waals surface area contributed by atoms with Gasteiger partial charge in [0.2, 0.25) is 0 Å². The zero-order valence-electron chi connectivity index (χ0n) is 9.40. The summed E-state index contributed by atoms with van der Waals surface area (Å²) in [4.78, 5) is 0. The molecule has 0 amide bonds. The Morgan fingerprint density at radius 2 is 2.29 bits per heavy atom. The van der Waals surface area contributed by atoms with Crippen LogP contribution in [0.1, 0.15) is 24.9 Å². The van der Waals surface area contributed by atoms with E-state index in [-0.39, 0.29) is 6.04 Å². The van der Waals surface area contributed by atoms with Gasteiger partial charge in [-0.15, -0.1) is 0 Å². The number of rotatable bonds is 3. The van der Waals surface area contributed by atoms with Crippen LogP contribution >= 0.6 is 27.5 Å². The smallest absolute Gasteiger partial charge is 0.141 e. The van der Waals surface area contributed by atoms with E-state index in [4.69, 9.17) is 17.3 Å². The molecule has 0 aliphatic heterocycles. The molecule has 2 N–H and O–H groups in total. The van der Waals surface area contributed by atoms with E-state index in [1.807, 2.05) is 12.1 Å². The number of nitrogens with zero attached hydrogens (tertiary/aromatic N) is 2. The summed E-state index contributed by atoms with van der Waals surface area (Å²) in [5.41, 5.74) is 7.07. The van der Waals surface area contributed by atoms with Crippen LogP contribution in [0, 0.1) is 0 Å². The van der Waals surface area contributed by atoms with Crippen LogP contribution in [0.5, 0.6) is 0 Å². The van der Waals surface area contributed by atoms with Gasteiger partial charge in [-0.3, -0.25) is 0 Å². The highest BCUT2D eigenvalue weighted by Crippen LogP contribution is 2.29. The lowest BCUT2D eigenvalue weighted by Gasteiger charge is -2.17. The van der Waals surface area contributed by atoms with Gasteiger partial charge in [-0.1, -0.05) is 46.6 Å². The number of hydrogen-bond donors (Lipinski definition) is 1. The summed E-state index contributed by atoms with van der Waals surface area (Å²) < 4.78 is 2.81. The molecule has 0 bridgehead atoms. The normalized spacial score (nSPS) is 12.6. The van der Waals surface area contributed by atoms with Gasteiger partial charge in [0.05, 0.1) is 12.2 Å². The number of nitrogens with two attached hydrogens (primary N) is 1. The summed E-state index contributed by atoms with van der Waals surface area (Å²) in [5, 5.41) is 4.74. The Labute approximate surface area is 114 Å². The first kappa shape index (κ1) is 12.5. The Kier molecular flexibility index (Phi) is 3.74. The Morgan fingerprint density at radius 1 is 1.53 bits per heavy atom. The molecule has 0 aliphatic carbocycles. The minimum atomic E-state index is 0.111. The molecule has 0 fully saturated rings. The first-order chi connectivity index (χ1) is 8.13. The topological polar surface area (TPSA) is 43.8 Å². The van der Waals surface area contributed by atoms with Gasteiger partial charge in [0.25, 0.3) is 0 Å². The quantitative estimate of drug-likeness (QED) is 0.934. The number of halogens is 2. The average molecular weight is 315 g/mol. The Balaban J connectivity index is 2.44. The van der Waals surface area contributed by atoms with Crippen molar-refractivity contribution in [2.45, 2.75) is 19.4 Å². The van der Waals surface area contributed by atoms with Gasteiger partial charge in [-0.25, -0.2) is 4.68 Å². The molecule has 1 aromatic carbocycles. The minimum absolute atomic E-state index is 0.111. The van der Waals surface area contributed by atoms with E-state index < -0.39 is 0 Å². The van der Waals surface area contributed by atoms with Crippen molar-refractivity contribution in [3.05, 3.63) is 45.5 Å². The fourth-order valence-electron chi connectivity index (χ4n) is 1.86. The molecule has 0 radical (unpaired) electrons. The van der Waals surface area contributed by atoms with Crippen LogP contribution in [0.2, 0.25) is 5.02 Å². The molecular weight excluding hydrogens is 302 g/mol. The molecule has 0 saturated heterocycles. The summed E-state index contributed by atoms with van der Waals surface area (Å²) in [7, 11) is 0. The molecule has 2 aromatic rings. The summed E-state index contributed by atoms with van der Waals surface area (Å²) in [6, 6.07) is 8.25. The minimum Gasteiger partial charge on any atom is -0.383 e. The Bertz CT molecular complexity index is 524. The van der Waals surface area contributed by atoms with E-state index >= 15 is 0 Å². The largest absolute Gasteiger partial charge is 0.383 e. The second kappa shape index (κ2) is 5.10. The van der Waals surface area contributed by atoms with Gasteiger partial charge >= 0.3 is 0 Å². The summed E-state index contributed by atoms with van der Waals surface area (Å²) >= 11 is 9.40. The SMILES string of the molecule is CCC(c1cccc(Br)c1)n1ncc(Cl)c1N. The van der Waals surface area contributed by atoms with Gasteiger partial charge in [-0.2, -0.15) is 5.10 Å². The molecule has 1 unspecified atom stereocenters. The maximum atomic E-state index is 5.93. The third kappa shape index (κ3) is 2.48. The van der Waals surface area contributed by atoms with E-state index in [9.17, 15) is 0 Å². The molecule has 17 heavy (non-hydrogen) atoms. The lowest BCUT2D eigenvalue weighted by Crippen LogP contribution is -2.13. The van der Waals surface area contributed by atoms with Crippen LogP contribution in [-0.4, -0.2) is 9.78 Å². The third-order valence-corrected chi connectivity index (χ3v) is 3.49. The van der Waals surface area contributed by atoms with Gasteiger partial charge < -0.3 is 5.73 Å². The van der Waals surface area contributed by atoms with Gasteiger partial charge in [0.1, 0.15) is 10.8 Å². The number of nitrogen functional groups attached to an aromatic ring is 1. The summed E-state index contributed by atoms with van der Waals surface area (Å²) in [6.07, 6.45) is 2.48. The maximum absolute atomic E-state index is 5.93. The lowest BCUT2D eigenvalue weighted by molar-refractivity contribution is 0.516. The second-order valence-electron chi connectivity index (χ2n) is 3.80. The molecule has 0 spiro atoms. The van der Waals surface area contributed by atoms with E-state index in [0.29, 0.717) is 10.8 Å². The zero-order chi connectivity index (χ0) is 12.4. The molecule has 3 nitrogen and oxygen atoms in total. The fraction of sp³-hybridized carbons (Fsp3) is 0.250. The van der Waals surface area contributed by atoms with Crippen molar-refractivity contribution in [2.24, 2.45) is 0 Å². The van der Waals surface area contributed by atoms with Crippen molar-refractivity contribution in [3.8, 4) is 0 Å². The first-order valence-electron chi connectivity index (χ1n) is 5.37. The molecule has 1 heterocycles. The van der Waals surface area contributed by atoms with Gasteiger partial charge in [0, 0.05) is 4.47 Å². The number of hydrogen-bond acceptors (Lipinski definition) is 2. The lowest BCUT2D eigenvalue weighted by atomic mass is 10.1. The number of benzene rings is 1. The molecule has 90 valence electrons. The first-order valence-corrected chi connectivity index (χ1v) is 6.54. The van der Waals surface area contributed by atoms with Crippen LogP contribution < -0.4 is 5.73 Å². The fourth-order valence-corrected chi connectivity index (χ4v) is 2.41. The Morgan fingerprint density at radius 3 is 2.82 bits per heavy atom. The zero-order valence-corrected chi connectivity index (χ0v) is 11.7. The van der Waals surface area contributed by atoms with Gasteiger partial charge in [0.15, 0.2) is 0 Å². The average Bonchev–Trinajstić information content (AvgIpc) is 2.63. The van der Waals surface area contributed by atoms with Crippen LogP contribution in [0.15, 0.2) is 34.9 Å². The van der Waals surface area contributed by atoms with Crippen LogP contribution in [-0.2, 0) is 0 Å². The van der Waals surface area contributed by atoms with Crippen molar-refractivity contribution < 1.29 is 0 Å². The Hall–Kier alpha value is -1.00. The number of aromatic nitrogens is 2. The predicted molar refractivity (Wildman–Crippen MR) is 74.2 cm³/mol. The predicted octanol–water partition coefficient (Wildman–Crippen LogP) is 3.88.